The highest BCUT2D eigenvalue weighted by Crippen LogP contribution is 2.31. The average molecular weight is 230 g/mol. The monoisotopic (exact) mass is 229 g/mol. The van der Waals surface area contributed by atoms with Crippen molar-refractivity contribution in [1.82, 2.24) is 0 Å². The molecule has 2 rings (SSSR count). The summed E-state index contributed by atoms with van der Waals surface area (Å²) in [6, 6.07) is 3.71. The third-order valence-corrected chi connectivity index (χ3v) is 3.04. The first-order chi connectivity index (χ1) is 6.74. The minimum absolute atomic E-state index is 0.504. The van der Waals surface area contributed by atoms with Crippen LogP contribution in [0, 0.1) is 0 Å². The Labute approximate surface area is 92.5 Å². The van der Waals surface area contributed by atoms with Crippen LogP contribution in [0.25, 0.3) is 0 Å². The zero-order valence-corrected chi connectivity index (χ0v) is 9.19. The van der Waals surface area contributed by atoms with Gasteiger partial charge in [0.25, 0.3) is 0 Å². The normalized spacial score (nSPS) is 18.4. The third-order valence-electron chi connectivity index (χ3n) is 2.24. The zero-order valence-electron chi connectivity index (χ0n) is 7.68. The number of benzene rings is 1. The van der Waals surface area contributed by atoms with Crippen LogP contribution in [-0.4, -0.2) is 19.4 Å². The van der Waals surface area contributed by atoms with Crippen LogP contribution in [-0.2, 0) is 11.3 Å². The van der Waals surface area contributed by atoms with Crippen molar-refractivity contribution in [1.29, 1.82) is 0 Å². The lowest BCUT2D eigenvalue weighted by Crippen LogP contribution is -2.19. The Morgan fingerprint density at radius 2 is 2.07 bits per heavy atom. The van der Waals surface area contributed by atoms with E-state index in [0.717, 1.165) is 16.8 Å². The van der Waals surface area contributed by atoms with E-state index in [-0.39, 0.29) is 0 Å². The second-order valence-electron chi connectivity index (χ2n) is 3.06. The predicted molar refractivity (Wildman–Crippen MR) is 58.6 cm³/mol. The van der Waals surface area contributed by atoms with Crippen LogP contribution in [0.15, 0.2) is 17.1 Å². The minimum atomic E-state index is 0.504. The zero-order chi connectivity index (χ0) is 10.1. The Balaban J connectivity index is 2.65. The second kappa shape index (κ2) is 3.89. The first-order valence-electron chi connectivity index (χ1n) is 4.24. The fourth-order valence-electron chi connectivity index (χ4n) is 1.53. The Kier molecular flexibility index (Phi) is 2.77. The first kappa shape index (κ1) is 9.97. The van der Waals surface area contributed by atoms with Gasteiger partial charge in [-0.3, -0.25) is 4.99 Å². The van der Waals surface area contributed by atoms with Gasteiger partial charge in [-0.15, -0.1) is 0 Å². The maximum absolute atomic E-state index is 6.12. The van der Waals surface area contributed by atoms with E-state index in [4.69, 9.17) is 27.9 Å². The van der Waals surface area contributed by atoms with Crippen LogP contribution in [0.1, 0.15) is 11.1 Å². The van der Waals surface area contributed by atoms with Crippen molar-refractivity contribution in [3.05, 3.63) is 33.3 Å². The van der Waals surface area contributed by atoms with Gasteiger partial charge in [-0.05, 0) is 11.6 Å². The molecule has 1 aromatic rings. The van der Waals surface area contributed by atoms with E-state index < -0.39 is 0 Å². The number of halogens is 2. The van der Waals surface area contributed by atoms with Gasteiger partial charge in [-0.1, -0.05) is 29.3 Å². The van der Waals surface area contributed by atoms with E-state index in [1.807, 2.05) is 6.07 Å². The number of hydrogen-bond acceptors (Lipinski definition) is 2. The predicted octanol–water partition coefficient (Wildman–Crippen LogP) is 2.94. The quantitative estimate of drug-likeness (QED) is 0.671. The first-order valence-corrected chi connectivity index (χ1v) is 5.00. The number of rotatable bonds is 0. The molecule has 14 heavy (non-hydrogen) atoms. The van der Waals surface area contributed by atoms with E-state index in [1.54, 1.807) is 13.1 Å². The highest BCUT2D eigenvalue weighted by molar-refractivity contribution is 6.44. The second-order valence-corrected chi connectivity index (χ2v) is 3.84. The molecule has 0 aliphatic carbocycles. The largest absolute Gasteiger partial charge is 0.370 e. The van der Waals surface area contributed by atoms with Gasteiger partial charge in [0, 0.05) is 12.6 Å². The molecule has 0 spiro atoms. The summed E-state index contributed by atoms with van der Waals surface area (Å²) in [6.45, 7) is 1.08. The Morgan fingerprint density at radius 1 is 1.29 bits per heavy atom. The van der Waals surface area contributed by atoms with Crippen molar-refractivity contribution >= 4 is 28.9 Å². The lowest BCUT2D eigenvalue weighted by molar-refractivity contribution is 0.152. The van der Waals surface area contributed by atoms with Crippen molar-refractivity contribution in [2.24, 2.45) is 4.99 Å². The Hall–Kier alpha value is -0.570. The molecule has 2 nitrogen and oxygen atoms in total. The summed E-state index contributed by atoms with van der Waals surface area (Å²) in [5.41, 5.74) is 2.85. The highest BCUT2D eigenvalue weighted by atomic mass is 35.5. The third kappa shape index (κ3) is 1.54. The highest BCUT2D eigenvalue weighted by Gasteiger charge is 2.19. The van der Waals surface area contributed by atoms with Gasteiger partial charge in [-0.2, -0.15) is 0 Å². The molecule has 0 bridgehead atoms. The fourth-order valence-corrected chi connectivity index (χ4v) is 1.98. The van der Waals surface area contributed by atoms with Crippen LogP contribution in [0.4, 0.5) is 0 Å². The molecule has 1 heterocycles. The molecule has 74 valence electrons. The molecule has 1 aliphatic heterocycles. The topological polar surface area (TPSA) is 21.6 Å². The van der Waals surface area contributed by atoms with Crippen LogP contribution in [0.3, 0.4) is 0 Å². The molecule has 0 saturated heterocycles. The van der Waals surface area contributed by atoms with E-state index in [0.29, 0.717) is 23.3 Å². The lowest BCUT2D eigenvalue weighted by Gasteiger charge is -2.19. The molecule has 0 N–H and O–H groups in total. The van der Waals surface area contributed by atoms with Crippen molar-refractivity contribution in [3.63, 3.8) is 0 Å². The smallest absolute Gasteiger partial charge is 0.0894 e. The van der Waals surface area contributed by atoms with Crippen LogP contribution >= 0.6 is 23.2 Å². The summed E-state index contributed by atoms with van der Waals surface area (Å²) in [5.74, 6) is 0. The Bertz CT molecular complexity index is 401. The van der Waals surface area contributed by atoms with Gasteiger partial charge >= 0.3 is 0 Å². The van der Waals surface area contributed by atoms with Crippen LogP contribution in [0.5, 0.6) is 0 Å². The summed E-state index contributed by atoms with van der Waals surface area (Å²) < 4.78 is 5.36. The summed E-state index contributed by atoms with van der Waals surface area (Å²) in [5, 5.41) is 1.14. The molecule has 0 unspecified atom stereocenters. The van der Waals surface area contributed by atoms with Gasteiger partial charge in [0.05, 0.1) is 29.0 Å². The SMILES string of the molecule is CN=C1COCc2ccc(Cl)c(Cl)c21. The summed E-state index contributed by atoms with van der Waals surface area (Å²) in [7, 11) is 1.73. The number of nitrogens with zero attached hydrogens (tertiary/aromatic N) is 1. The molecule has 1 aliphatic rings. The van der Waals surface area contributed by atoms with E-state index in [2.05, 4.69) is 4.99 Å². The van der Waals surface area contributed by atoms with Gasteiger partial charge in [0.1, 0.15) is 0 Å². The number of ether oxygens (including phenoxy) is 1. The lowest BCUT2D eigenvalue weighted by atomic mass is 10.0. The van der Waals surface area contributed by atoms with Gasteiger partial charge < -0.3 is 4.74 Å². The summed E-state index contributed by atoms with van der Waals surface area (Å²) in [6.07, 6.45) is 0. The Morgan fingerprint density at radius 3 is 2.79 bits per heavy atom. The molecule has 0 amide bonds. The van der Waals surface area contributed by atoms with Crippen molar-refractivity contribution in [2.75, 3.05) is 13.7 Å². The van der Waals surface area contributed by atoms with Crippen molar-refractivity contribution in [2.45, 2.75) is 6.61 Å². The van der Waals surface area contributed by atoms with Gasteiger partial charge in [-0.25, -0.2) is 0 Å². The molecule has 0 radical (unpaired) electrons. The van der Waals surface area contributed by atoms with Crippen molar-refractivity contribution in [3.8, 4) is 0 Å². The molecule has 0 fully saturated rings. The maximum atomic E-state index is 6.12. The molecular formula is C10H9Cl2NO. The van der Waals surface area contributed by atoms with Crippen LogP contribution < -0.4 is 0 Å². The van der Waals surface area contributed by atoms with Crippen molar-refractivity contribution < 1.29 is 4.74 Å². The molecule has 0 aromatic heterocycles. The van der Waals surface area contributed by atoms with E-state index >= 15 is 0 Å². The van der Waals surface area contributed by atoms with Crippen LogP contribution in [0.2, 0.25) is 10.0 Å². The summed E-state index contributed by atoms with van der Waals surface area (Å²) in [4.78, 5) is 4.14. The number of hydrogen-bond donors (Lipinski definition) is 0. The summed E-state index contributed by atoms with van der Waals surface area (Å²) >= 11 is 12.1. The number of aliphatic imine (C=N–C) groups is 1. The van der Waals surface area contributed by atoms with E-state index in [1.165, 1.54) is 0 Å². The van der Waals surface area contributed by atoms with E-state index in [9.17, 15) is 0 Å². The molecule has 0 atom stereocenters. The molecular weight excluding hydrogens is 221 g/mol. The molecule has 0 saturated carbocycles. The minimum Gasteiger partial charge on any atom is -0.370 e. The standard InChI is InChI=1S/C10H9Cl2NO/c1-13-8-5-14-4-6-2-3-7(11)10(12)9(6)8/h2-3H,4-5H2,1H3. The molecule has 4 heteroatoms. The number of fused-ring (bicyclic) bond motifs is 1. The van der Waals surface area contributed by atoms with Gasteiger partial charge in [0.15, 0.2) is 0 Å². The van der Waals surface area contributed by atoms with Gasteiger partial charge in [0.2, 0.25) is 0 Å². The molecule has 1 aromatic carbocycles. The fraction of sp³-hybridized carbons (Fsp3) is 0.300. The maximum Gasteiger partial charge on any atom is 0.0894 e. The average Bonchev–Trinajstić information content (AvgIpc) is 2.23.